The highest BCUT2D eigenvalue weighted by Crippen LogP contribution is 2.34. The van der Waals surface area contributed by atoms with Crippen molar-refractivity contribution in [2.45, 2.75) is 26.9 Å². The molecule has 0 saturated carbocycles. The molecule has 0 N–H and O–H groups in total. The van der Waals surface area contributed by atoms with Gasteiger partial charge in [-0.05, 0) is 86.0 Å². The number of aryl methyl sites for hydroxylation is 2. The molecule has 1 heterocycles. The van der Waals surface area contributed by atoms with Crippen LogP contribution in [0.1, 0.15) is 34.0 Å². The molecular formula is C26H20Cl2O5. The third-order valence-corrected chi connectivity index (χ3v) is 5.74. The van der Waals surface area contributed by atoms with E-state index in [2.05, 4.69) is 0 Å². The van der Waals surface area contributed by atoms with E-state index in [1.807, 2.05) is 26.0 Å². The monoisotopic (exact) mass is 482 g/mol. The van der Waals surface area contributed by atoms with Crippen LogP contribution in [-0.4, -0.2) is 17.9 Å². The van der Waals surface area contributed by atoms with Gasteiger partial charge in [-0.3, -0.25) is 4.79 Å². The Hall–Kier alpha value is -3.28. The van der Waals surface area contributed by atoms with Crippen LogP contribution in [0.25, 0.3) is 6.08 Å². The lowest BCUT2D eigenvalue weighted by atomic mass is 10.0. The maximum atomic E-state index is 12.7. The summed E-state index contributed by atoms with van der Waals surface area (Å²) in [6.07, 6.45) is 0.771. The number of esters is 1. The van der Waals surface area contributed by atoms with E-state index in [9.17, 15) is 9.59 Å². The molecule has 33 heavy (non-hydrogen) atoms. The van der Waals surface area contributed by atoms with Gasteiger partial charge in [0.05, 0.1) is 10.6 Å². The summed E-state index contributed by atoms with van der Waals surface area (Å²) in [5, 5.41) is 0.770. The smallest absolute Gasteiger partial charge is 0.352 e. The van der Waals surface area contributed by atoms with E-state index < -0.39 is 12.1 Å². The Morgan fingerprint density at radius 2 is 1.70 bits per heavy atom. The van der Waals surface area contributed by atoms with Gasteiger partial charge in [-0.15, -0.1) is 0 Å². The maximum Gasteiger partial charge on any atom is 0.352 e. The van der Waals surface area contributed by atoms with Gasteiger partial charge >= 0.3 is 5.97 Å². The average Bonchev–Trinajstić information content (AvgIpc) is 3.06. The van der Waals surface area contributed by atoms with Gasteiger partial charge in [-0.1, -0.05) is 35.3 Å². The van der Waals surface area contributed by atoms with Crippen molar-refractivity contribution in [1.29, 1.82) is 0 Å². The summed E-state index contributed by atoms with van der Waals surface area (Å²) < 4.78 is 16.7. The van der Waals surface area contributed by atoms with Crippen LogP contribution in [0.4, 0.5) is 0 Å². The zero-order valence-corrected chi connectivity index (χ0v) is 19.7. The van der Waals surface area contributed by atoms with E-state index in [0.29, 0.717) is 32.9 Å². The Balaban J connectivity index is 1.41. The second kappa shape index (κ2) is 9.30. The van der Waals surface area contributed by atoms with Crippen LogP contribution in [-0.2, 0) is 4.79 Å². The molecule has 0 saturated heterocycles. The van der Waals surface area contributed by atoms with Gasteiger partial charge in [0, 0.05) is 5.02 Å². The van der Waals surface area contributed by atoms with Crippen molar-refractivity contribution in [3.05, 3.63) is 92.7 Å². The van der Waals surface area contributed by atoms with Gasteiger partial charge in [-0.25, -0.2) is 4.79 Å². The number of ketones is 1. The molecule has 1 unspecified atom stereocenters. The van der Waals surface area contributed by atoms with Crippen LogP contribution in [0, 0.1) is 13.8 Å². The lowest BCUT2D eigenvalue weighted by Gasteiger charge is -2.15. The molecule has 0 spiro atoms. The average molecular weight is 483 g/mol. The Bertz CT molecular complexity index is 1280. The minimum atomic E-state index is -0.889. The fourth-order valence-electron chi connectivity index (χ4n) is 3.24. The first-order valence-electron chi connectivity index (χ1n) is 10.2. The van der Waals surface area contributed by atoms with E-state index in [0.717, 1.165) is 16.7 Å². The number of fused-ring (bicyclic) bond motifs is 1. The predicted molar refractivity (Wildman–Crippen MR) is 127 cm³/mol. The molecule has 4 rings (SSSR count). The number of ether oxygens (including phenoxy) is 3. The van der Waals surface area contributed by atoms with Crippen molar-refractivity contribution < 1.29 is 23.8 Å². The predicted octanol–water partition coefficient (Wildman–Crippen LogP) is 6.60. The summed E-state index contributed by atoms with van der Waals surface area (Å²) in [7, 11) is 0. The Morgan fingerprint density at radius 3 is 2.39 bits per heavy atom. The second-order valence-corrected chi connectivity index (χ2v) is 8.54. The quantitative estimate of drug-likeness (QED) is 0.233. The molecule has 3 aromatic carbocycles. The number of hydrogen-bond donors (Lipinski definition) is 0. The number of allylic oxidation sites excluding steroid dienone is 1. The van der Waals surface area contributed by atoms with Crippen molar-refractivity contribution in [2.24, 2.45) is 0 Å². The number of Topliss-reactive ketones (excluding diaryl/α,β-unsaturated/α-hetero) is 1. The molecule has 0 aliphatic carbocycles. The highest BCUT2D eigenvalue weighted by molar-refractivity contribution is 6.35. The summed E-state index contributed by atoms with van der Waals surface area (Å²) in [6.45, 7) is 5.50. The minimum Gasteiger partial charge on any atom is -0.477 e. The lowest BCUT2D eigenvalue weighted by Crippen LogP contribution is -2.28. The molecule has 0 fully saturated rings. The molecule has 0 bridgehead atoms. The van der Waals surface area contributed by atoms with Crippen LogP contribution < -0.4 is 14.2 Å². The van der Waals surface area contributed by atoms with E-state index >= 15 is 0 Å². The molecule has 1 aliphatic heterocycles. The highest BCUT2D eigenvalue weighted by atomic mass is 35.5. The maximum absolute atomic E-state index is 12.7. The van der Waals surface area contributed by atoms with Crippen LogP contribution in [0.5, 0.6) is 17.2 Å². The second-order valence-electron chi connectivity index (χ2n) is 7.70. The number of carbonyl (C=O) groups is 2. The first-order valence-corrected chi connectivity index (χ1v) is 11.0. The zero-order chi connectivity index (χ0) is 23.7. The SMILES string of the molecule is Cc1cc2c(cc1C)C(=O)/C(=C/c1ccc(OC(=O)C(C)Oc3ccc(Cl)cc3Cl)cc1)O2. The van der Waals surface area contributed by atoms with Crippen molar-refractivity contribution >= 4 is 41.0 Å². The highest BCUT2D eigenvalue weighted by Gasteiger charge is 2.28. The summed E-state index contributed by atoms with van der Waals surface area (Å²) in [5.41, 5.74) is 3.39. The van der Waals surface area contributed by atoms with E-state index in [1.165, 1.54) is 6.07 Å². The zero-order valence-electron chi connectivity index (χ0n) is 18.1. The molecule has 1 atom stereocenters. The fourth-order valence-corrected chi connectivity index (χ4v) is 3.69. The van der Waals surface area contributed by atoms with Crippen LogP contribution in [0.3, 0.4) is 0 Å². The van der Waals surface area contributed by atoms with Crippen LogP contribution in [0.15, 0.2) is 60.4 Å². The fraction of sp³-hybridized carbons (Fsp3) is 0.154. The molecule has 0 radical (unpaired) electrons. The molecule has 3 aromatic rings. The molecule has 7 heteroatoms. The Morgan fingerprint density at radius 1 is 1.00 bits per heavy atom. The number of benzene rings is 3. The van der Waals surface area contributed by atoms with Crippen LogP contribution >= 0.6 is 23.2 Å². The summed E-state index contributed by atoms with van der Waals surface area (Å²) in [6, 6.07) is 15.2. The minimum absolute atomic E-state index is 0.157. The van der Waals surface area contributed by atoms with E-state index in [-0.39, 0.29) is 11.5 Å². The van der Waals surface area contributed by atoms with Crippen molar-refractivity contribution in [3.8, 4) is 17.2 Å². The van der Waals surface area contributed by atoms with Crippen molar-refractivity contribution in [1.82, 2.24) is 0 Å². The number of halogens is 2. The largest absolute Gasteiger partial charge is 0.477 e. The Kier molecular flexibility index (Phi) is 6.45. The number of hydrogen-bond acceptors (Lipinski definition) is 5. The molecular weight excluding hydrogens is 463 g/mol. The number of carbonyl (C=O) groups excluding carboxylic acids is 2. The lowest BCUT2D eigenvalue weighted by molar-refractivity contribution is -0.141. The first-order chi connectivity index (χ1) is 15.7. The third kappa shape index (κ3) is 5.05. The van der Waals surface area contributed by atoms with Crippen LogP contribution in [0.2, 0.25) is 10.0 Å². The molecule has 0 aromatic heterocycles. The van der Waals surface area contributed by atoms with Crippen molar-refractivity contribution in [3.63, 3.8) is 0 Å². The van der Waals surface area contributed by atoms with Gasteiger partial charge in [0.1, 0.15) is 17.2 Å². The topological polar surface area (TPSA) is 61.8 Å². The van der Waals surface area contributed by atoms with Crippen molar-refractivity contribution in [2.75, 3.05) is 0 Å². The standard InChI is InChI=1S/C26H20Cl2O5/c1-14-10-20-23(11-15(14)2)33-24(25(20)29)12-17-4-7-19(8-5-17)32-26(30)16(3)31-22-9-6-18(27)13-21(22)28/h4-13,16H,1-3H3/b24-12-. The summed E-state index contributed by atoms with van der Waals surface area (Å²) >= 11 is 12.0. The number of rotatable bonds is 5. The van der Waals surface area contributed by atoms with Gasteiger partial charge in [0.25, 0.3) is 0 Å². The van der Waals surface area contributed by atoms with Gasteiger partial charge in [0.15, 0.2) is 11.9 Å². The van der Waals surface area contributed by atoms with E-state index in [1.54, 1.807) is 49.4 Å². The Labute approximate surface area is 201 Å². The van der Waals surface area contributed by atoms with Gasteiger partial charge in [-0.2, -0.15) is 0 Å². The molecule has 1 aliphatic rings. The van der Waals surface area contributed by atoms with Gasteiger partial charge in [0.2, 0.25) is 5.78 Å². The normalized spacial score (nSPS) is 14.6. The third-order valence-electron chi connectivity index (χ3n) is 5.21. The summed E-state index contributed by atoms with van der Waals surface area (Å²) in [4.78, 5) is 25.0. The van der Waals surface area contributed by atoms with Gasteiger partial charge < -0.3 is 14.2 Å². The molecule has 5 nitrogen and oxygen atoms in total. The molecule has 0 amide bonds. The first kappa shape index (κ1) is 22.9. The summed E-state index contributed by atoms with van der Waals surface area (Å²) in [5.74, 6) is 0.752. The molecule has 168 valence electrons. The van der Waals surface area contributed by atoms with E-state index in [4.69, 9.17) is 37.4 Å².